The zero-order valence-electron chi connectivity index (χ0n) is 12.8. The highest BCUT2D eigenvalue weighted by Crippen LogP contribution is 2.23. The Morgan fingerprint density at radius 1 is 1.35 bits per heavy atom. The molecule has 0 bridgehead atoms. The number of hydrogen-bond acceptors (Lipinski definition) is 4. The van der Waals surface area contributed by atoms with Gasteiger partial charge in [0.05, 0.1) is 11.9 Å². The largest absolute Gasteiger partial charge is 0.397 e. The van der Waals surface area contributed by atoms with Gasteiger partial charge in [0.25, 0.3) is 0 Å². The van der Waals surface area contributed by atoms with Gasteiger partial charge in [0.2, 0.25) is 5.91 Å². The maximum absolute atomic E-state index is 12.3. The molecule has 2 N–H and O–H groups in total. The number of amides is 1. The van der Waals surface area contributed by atoms with Crippen LogP contribution in [0.2, 0.25) is 0 Å². The SMILES string of the molecule is C[C@@H]1CN(C(=O)C(C)(C)C)CCN1c1ccc(N)cn1. The van der Waals surface area contributed by atoms with E-state index in [0.717, 1.165) is 25.5 Å². The average Bonchev–Trinajstić information content (AvgIpc) is 2.38. The van der Waals surface area contributed by atoms with E-state index < -0.39 is 0 Å². The van der Waals surface area contributed by atoms with Crippen LogP contribution in [0.25, 0.3) is 0 Å². The lowest BCUT2D eigenvalue weighted by atomic mass is 9.94. The predicted molar refractivity (Wildman–Crippen MR) is 81.5 cm³/mol. The summed E-state index contributed by atoms with van der Waals surface area (Å²) >= 11 is 0. The molecule has 2 heterocycles. The van der Waals surface area contributed by atoms with Crippen LogP contribution in [0.5, 0.6) is 0 Å². The Labute approximate surface area is 120 Å². The minimum absolute atomic E-state index is 0.217. The molecular weight excluding hydrogens is 252 g/mol. The molecule has 1 fully saturated rings. The summed E-state index contributed by atoms with van der Waals surface area (Å²) in [5, 5.41) is 0. The Morgan fingerprint density at radius 3 is 2.55 bits per heavy atom. The highest BCUT2D eigenvalue weighted by Gasteiger charge is 2.32. The fourth-order valence-electron chi connectivity index (χ4n) is 2.52. The number of carbonyl (C=O) groups excluding carboxylic acids is 1. The molecule has 0 aliphatic carbocycles. The molecule has 1 aromatic heterocycles. The van der Waals surface area contributed by atoms with Crippen molar-refractivity contribution in [3.05, 3.63) is 18.3 Å². The van der Waals surface area contributed by atoms with Crippen LogP contribution in [-0.4, -0.2) is 41.5 Å². The number of rotatable bonds is 1. The Hall–Kier alpha value is -1.78. The molecule has 2 rings (SSSR count). The van der Waals surface area contributed by atoms with Gasteiger partial charge in [-0.3, -0.25) is 4.79 Å². The Kier molecular flexibility index (Phi) is 3.88. The van der Waals surface area contributed by atoms with Crippen LogP contribution in [0.15, 0.2) is 18.3 Å². The molecule has 0 saturated carbocycles. The molecule has 0 unspecified atom stereocenters. The van der Waals surface area contributed by atoms with Crippen molar-refractivity contribution in [3.8, 4) is 0 Å². The van der Waals surface area contributed by atoms with Crippen LogP contribution in [0.3, 0.4) is 0 Å². The van der Waals surface area contributed by atoms with E-state index in [0.29, 0.717) is 5.69 Å². The predicted octanol–water partition coefficient (Wildman–Crippen LogP) is 1.75. The van der Waals surface area contributed by atoms with E-state index in [1.165, 1.54) is 0 Å². The van der Waals surface area contributed by atoms with Crippen molar-refractivity contribution in [2.24, 2.45) is 5.41 Å². The topological polar surface area (TPSA) is 62.5 Å². The molecule has 20 heavy (non-hydrogen) atoms. The first-order chi connectivity index (χ1) is 9.29. The molecule has 5 heteroatoms. The Morgan fingerprint density at radius 2 is 2.05 bits per heavy atom. The quantitative estimate of drug-likeness (QED) is 0.849. The van der Waals surface area contributed by atoms with Crippen LogP contribution in [-0.2, 0) is 4.79 Å². The molecule has 1 saturated heterocycles. The molecule has 1 aliphatic heterocycles. The summed E-state index contributed by atoms with van der Waals surface area (Å²) in [4.78, 5) is 20.9. The summed E-state index contributed by atoms with van der Waals surface area (Å²) in [5.41, 5.74) is 6.02. The minimum atomic E-state index is -0.318. The highest BCUT2D eigenvalue weighted by atomic mass is 16.2. The summed E-state index contributed by atoms with van der Waals surface area (Å²) in [6.07, 6.45) is 1.68. The number of pyridine rings is 1. The third kappa shape index (κ3) is 3.03. The maximum atomic E-state index is 12.3. The lowest BCUT2D eigenvalue weighted by molar-refractivity contribution is -0.140. The Balaban J connectivity index is 2.06. The normalized spacial score (nSPS) is 20.1. The molecule has 1 amide bonds. The van der Waals surface area contributed by atoms with E-state index in [2.05, 4.69) is 16.8 Å². The summed E-state index contributed by atoms with van der Waals surface area (Å²) in [7, 11) is 0. The number of piperazine rings is 1. The van der Waals surface area contributed by atoms with Gasteiger partial charge in [-0.15, -0.1) is 0 Å². The molecule has 0 radical (unpaired) electrons. The molecule has 1 atom stereocenters. The van der Waals surface area contributed by atoms with Crippen LogP contribution >= 0.6 is 0 Å². The number of nitrogens with two attached hydrogens (primary N) is 1. The standard InChI is InChI=1S/C15H24N4O/c1-11-10-18(14(20)15(2,3)4)7-8-19(11)13-6-5-12(16)9-17-13/h5-6,9,11H,7-8,10,16H2,1-4H3/t11-/m1/s1. The number of aromatic nitrogens is 1. The van der Waals surface area contributed by atoms with E-state index in [1.807, 2.05) is 37.8 Å². The summed E-state index contributed by atoms with van der Waals surface area (Å²) in [6.45, 7) is 10.3. The van der Waals surface area contributed by atoms with Crippen LogP contribution in [0.1, 0.15) is 27.7 Å². The van der Waals surface area contributed by atoms with E-state index in [1.54, 1.807) is 6.20 Å². The third-order valence-electron chi connectivity index (χ3n) is 3.62. The highest BCUT2D eigenvalue weighted by molar-refractivity contribution is 5.81. The van der Waals surface area contributed by atoms with E-state index >= 15 is 0 Å². The monoisotopic (exact) mass is 276 g/mol. The van der Waals surface area contributed by atoms with E-state index in [-0.39, 0.29) is 17.4 Å². The van der Waals surface area contributed by atoms with E-state index in [9.17, 15) is 4.79 Å². The van der Waals surface area contributed by atoms with Crippen molar-refractivity contribution >= 4 is 17.4 Å². The van der Waals surface area contributed by atoms with Gasteiger partial charge in [0.15, 0.2) is 0 Å². The fraction of sp³-hybridized carbons (Fsp3) is 0.600. The zero-order valence-corrected chi connectivity index (χ0v) is 12.8. The second kappa shape index (κ2) is 5.31. The number of hydrogen-bond donors (Lipinski definition) is 1. The third-order valence-corrected chi connectivity index (χ3v) is 3.62. The molecule has 5 nitrogen and oxygen atoms in total. The fourth-order valence-corrected chi connectivity index (χ4v) is 2.52. The molecule has 1 aromatic rings. The Bertz CT molecular complexity index is 478. The van der Waals surface area contributed by atoms with Crippen molar-refractivity contribution < 1.29 is 4.79 Å². The number of nitrogen functional groups attached to an aromatic ring is 1. The van der Waals surface area contributed by atoms with E-state index in [4.69, 9.17) is 5.73 Å². The van der Waals surface area contributed by atoms with Gasteiger partial charge in [-0.2, -0.15) is 0 Å². The van der Waals surface area contributed by atoms with Gasteiger partial charge < -0.3 is 15.5 Å². The van der Waals surface area contributed by atoms with Crippen molar-refractivity contribution in [2.45, 2.75) is 33.7 Å². The number of nitrogens with zero attached hydrogens (tertiary/aromatic N) is 3. The minimum Gasteiger partial charge on any atom is -0.397 e. The van der Waals surface area contributed by atoms with Crippen molar-refractivity contribution in [1.82, 2.24) is 9.88 Å². The lowest BCUT2D eigenvalue weighted by Gasteiger charge is -2.42. The van der Waals surface area contributed by atoms with Gasteiger partial charge in [0, 0.05) is 31.1 Å². The first-order valence-electron chi connectivity index (χ1n) is 7.06. The second-order valence-electron chi connectivity index (χ2n) is 6.49. The maximum Gasteiger partial charge on any atom is 0.228 e. The number of anilines is 2. The zero-order chi connectivity index (χ0) is 14.9. The first-order valence-corrected chi connectivity index (χ1v) is 7.06. The van der Waals surface area contributed by atoms with Gasteiger partial charge >= 0.3 is 0 Å². The van der Waals surface area contributed by atoms with Crippen molar-refractivity contribution in [3.63, 3.8) is 0 Å². The van der Waals surface area contributed by atoms with Gasteiger partial charge in [-0.05, 0) is 19.1 Å². The molecule has 1 aliphatic rings. The van der Waals surface area contributed by atoms with Crippen LogP contribution in [0, 0.1) is 5.41 Å². The van der Waals surface area contributed by atoms with Gasteiger partial charge in [-0.25, -0.2) is 4.98 Å². The van der Waals surface area contributed by atoms with Crippen molar-refractivity contribution in [1.29, 1.82) is 0 Å². The smallest absolute Gasteiger partial charge is 0.228 e. The van der Waals surface area contributed by atoms with Crippen LogP contribution in [0.4, 0.5) is 11.5 Å². The molecule has 0 spiro atoms. The second-order valence-corrected chi connectivity index (χ2v) is 6.49. The summed E-state index contributed by atoms with van der Waals surface area (Å²) in [6, 6.07) is 4.06. The molecule has 110 valence electrons. The van der Waals surface area contributed by atoms with Crippen molar-refractivity contribution in [2.75, 3.05) is 30.3 Å². The lowest BCUT2D eigenvalue weighted by Crippen LogP contribution is -2.56. The first kappa shape index (κ1) is 14.6. The van der Waals surface area contributed by atoms with Gasteiger partial charge in [-0.1, -0.05) is 20.8 Å². The van der Waals surface area contributed by atoms with Gasteiger partial charge in [0.1, 0.15) is 5.82 Å². The molecule has 0 aromatic carbocycles. The molecular formula is C15H24N4O. The average molecular weight is 276 g/mol. The summed E-state index contributed by atoms with van der Waals surface area (Å²) < 4.78 is 0. The number of carbonyl (C=O) groups is 1. The summed E-state index contributed by atoms with van der Waals surface area (Å²) in [5.74, 6) is 1.14. The van der Waals surface area contributed by atoms with Crippen LogP contribution < -0.4 is 10.6 Å².